The maximum Gasteiger partial charge on any atom is 0.409 e. The van der Waals surface area contributed by atoms with Crippen LogP contribution >= 0.6 is 23.1 Å². The van der Waals surface area contributed by atoms with Gasteiger partial charge >= 0.3 is 6.09 Å². The van der Waals surface area contributed by atoms with E-state index >= 15 is 0 Å². The van der Waals surface area contributed by atoms with E-state index < -0.39 is 5.82 Å². The summed E-state index contributed by atoms with van der Waals surface area (Å²) in [6.07, 6.45) is 2.53. The molecule has 2 aliphatic rings. The maximum absolute atomic E-state index is 14.7. The molecule has 6 nitrogen and oxygen atoms in total. The summed E-state index contributed by atoms with van der Waals surface area (Å²) in [6.45, 7) is 3.66. The second-order valence-electron chi connectivity index (χ2n) is 7.97. The van der Waals surface area contributed by atoms with Crippen LogP contribution < -0.4 is 5.56 Å². The van der Waals surface area contributed by atoms with Gasteiger partial charge in [0.25, 0.3) is 5.56 Å². The Morgan fingerprint density at radius 1 is 1.32 bits per heavy atom. The van der Waals surface area contributed by atoms with Crippen molar-refractivity contribution in [2.24, 2.45) is 5.92 Å². The maximum atomic E-state index is 14.7. The number of benzene rings is 1. The number of halogens is 1. The summed E-state index contributed by atoms with van der Waals surface area (Å²) >= 11 is 2.94. The van der Waals surface area contributed by atoms with Gasteiger partial charge in [0.2, 0.25) is 0 Å². The van der Waals surface area contributed by atoms with Crippen molar-refractivity contribution < 1.29 is 13.9 Å². The molecule has 162 valence electrons. The quantitative estimate of drug-likeness (QED) is 0.422. The average Bonchev–Trinajstić information content (AvgIpc) is 3.31. The first-order chi connectivity index (χ1) is 15.0. The number of rotatable bonds is 5. The number of thioether (sulfide) groups is 1. The van der Waals surface area contributed by atoms with Gasteiger partial charge in [-0.15, -0.1) is 11.3 Å². The van der Waals surface area contributed by atoms with E-state index in [0.717, 1.165) is 29.7 Å². The molecule has 1 aliphatic carbocycles. The van der Waals surface area contributed by atoms with Gasteiger partial charge in [-0.25, -0.2) is 14.2 Å². The molecule has 1 aliphatic heterocycles. The van der Waals surface area contributed by atoms with E-state index in [1.165, 1.54) is 27.3 Å². The van der Waals surface area contributed by atoms with Crippen LogP contribution in [0.1, 0.15) is 23.8 Å². The fourth-order valence-electron chi connectivity index (χ4n) is 4.19. The highest BCUT2D eigenvalue weighted by atomic mass is 32.2. The lowest BCUT2D eigenvalue weighted by Gasteiger charge is -2.18. The highest BCUT2D eigenvalue weighted by Crippen LogP contribution is 2.37. The third-order valence-corrected chi connectivity index (χ3v) is 7.90. The highest BCUT2D eigenvalue weighted by Gasteiger charge is 2.26. The van der Waals surface area contributed by atoms with Gasteiger partial charge in [-0.05, 0) is 42.9 Å². The van der Waals surface area contributed by atoms with Gasteiger partial charge < -0.3 is 9.64 Å². The van der Waals surface area contributed by atoms with Gasteiger partial charge in [0.1, 0.15) is 17.3 Å². The molecule has 1 fully saturated rings. The van der Waals surface area contributed by atoms with Gasteiger partial charge in [-0.1, -0.05) is 30.8 Å². The van der Waals surface area contributed by atoms with Crippen molar-refractivity contribution in [1.82, 2.24) is 14.5 Å². The summed E-state index contributed by atoms with van der Waals surface area (Å²) in [6, 6.07) is 6.28. The molecule has 31 heavy (non-hydrogen) atoms. The molecule has 5 rings (SSSR count). The Hall–Kier alpha value is -2.39. The minimum atomic E-state index is -0.464. The summed E-state index contributed by atoms with van der Waals surface area (Å²) in [5, 5.41) is 1.07. The fourth-order valence-corrected chi connectivity index (χ4v) is 6.58. The Morgan fingerprint density at radius 2 is 2.16 bits per heavy atom. The van der Waals surface area contributed by atoms with E-state index in [-0.39, 0.29) is 17.3 Å². The Labute approximate surface area is 187 Å². The summed E-state index contributed by atoms with van der Waals surface area (Å²) in [7, 11) is 0. The predicted octanol–water partition coefficient (Wildman–Crippen LogP) is 4.26. The molecule has 1 amide bonds. The standard InChI is InChI=1S/C22H22FN3O3S2/c1-13-6-7-14-17(12-13)31-19-18(14)20(27)26(16-5-3-2-4-15(16)23)21(24-19)30-11-9-25-8-10-29-22(25)28/h2-5,13H,6-12H2,1H3. The first-order valence-corrected chi connectivity index (χ1v) is 12.2. The minimum Gasteiger partial charge on any atom is -0.448 e. The molecule has 2 aromatic heterocycles. The van der Waals surface area contributed by atoms with Crippen molar-refractivity contribution in [3.05, 3.63) is 50.9 Å². The molecule has 3 heterocycles. The van der Waals surface area contributed by atoms with Crippen LogP contribution in [-0.4, -0.2) is 46.0 Å². The Balaban J connectivity index is 1.59. The van der Waals surface area contributed by atoms with Crippen LogP contribution in [0.3, 0.4) is 0 Å². The monoisotopic (exact) mass is 459 g/mol. The van der Waals surface area contributed by atoms with Crippen LogP contribution in [0.5, 0.6) is 0 Å². The number of para-hydroxylation sites is 1. The van der Waals surface area contributed by atoms with Crippen molar-refractivity contribution in [1.29, 1.82) is 0 Å². The van der Waals surface area contributed by atoms with Crippen molar-refractivity contribution in [3.63, 3.8) is 0 Å². The number of thiophene rings is 1. The van der Waals surface area contributed by atoms with Crippen LogP contribution in [0.2, 0.25) is 0 Å². The predicted molar refractivity (Wildman–Crippen MR) is 120 cm³/mol. The van der Waals surface area contributed by atoms with Gasteiger partial charge in [0.15, 0.2) is 5.16 Å². The lowest BCUT2D eigenvalue weighted by molar-refractivity contribution is 0.160. The van der Waals surface area contributed by atoms with Crippen molar-refractivity contribution in [2.45, 2.75) is 31.3 Å². The number of hydrogen-bond donors (Lipinski definition) is 0. The molecule has 1 saturated heterocycles. The molecular weight excluding hydrogens is 437 g/mol. The normalized spacial score (nSPS) is 18.5. The first-order valence-electron chi connectivity index (χ1n) is 10.4. The number of aryl methyl sites for hydroxylation is 1. The van der Waals surface area contributed by atoms with Crippen molar-refractivity contribution >= 4 is 39.4 Å². The topological polar surface area (TPSA) is 64.4 Å². The molecule has 9 heteroatoms. The van der Waals surface area contributed by atoms with Gasteiger partial charge in [0.05, 0.1) is 17.6 Å². The number of hydrogen-bond acceptors (Lipinski definition) is 6. The Bertz CT molecular complexity index is 1220. The summed E-state index contributed by atoms with van der Waals surface area (Å²) in [5.41, 5.74) is 1.07. The Kier molecular flexibility index (Phi) is 5.47. The third-order valence-electron chi connectivity index (χ3n) is 5.83. The Morgan fingerprint density at radius 3 is 2.94 bits per heavy atom. The SMILES string of the molecule is CC1CCc2c(sc3nc(SCCN4CCOC4=O)n(-c4ccccc4F)c(=O)c23)C1. The summed E-state index contributed by atoms with van der Waals surface area (Å²) in [4.78, 5) is 33.7. The molecule has 1 atom stereocenters. The van der Waals surface area contributed by atoms with Gasteiger partial charge in [-0.2, -0.15) is 0 Å². The second-order valence-corrected chi connectivity index (χ2v) is 10.1. The number of fused-ring (bicyclic) bond motifs is 3. The first kappa shape index (κ1) is 20.5. The van der Waals surface area contributed by atoms with E-state index in [1.54, 1.807) is 34.4 Å². The van der Waals surface area contributed by atoms with E-state index in [4.69, 9.17) is 9.72 Å². The van der Waals surface area contributed by atoms with E-state index in [1.807, 2.05) is 0 Å². The zero-order valence-corrected chi connectivity index (χ0v) is 18.7. The molecular formula is C22H22FN3O3S2. The van der Waals surface area contributed by atoms with Crippen LogP contribution in [0.15, 0.2) is 34.2 Å². The van der Waals surface area contributed by atoms with E-state index in [2.05, 4.69) is 6.92 Å². The average molecular weight is 460 g/mol. The molecule has 1 aromatic carbocycles. The van der Waals surface area contributed by atoms with E-state index in [9.17, 15) is 14.0 Å². The molecule has 0 spiro atoms. The zero-order valence-electron chi connectivity index (χ0n) is 17.1. The van der Waals surface area contributed by atoms with Gasteiger partial charge in [0, 0.05) is 17.2 Å². The van der Waals surface area contributed by atoms with Crippen LogP contribution in [0, 0.1) is 11.7 Å². The van der Waals surface area contributed by atoms with Crippen LogP contribution in [0.4, 0.5) is 9.18 Å². The highest BCUT2D eigenvalue weighted by molar-refractivity contribution is 7.99. The number of aromatic nitrogens is 2. The lowest BCUT2D eigenvalue weighted by atomic mass is 9.89. The minimum absolute atomic E-state index is 0.203. The van der Waals surface area contributed by atoms with Crippen LogP contribution in [-0.2, 0) is 17.6 Å². The largest absolute Gasteiger partial charge is 0.448 e. The fraction of sp³-hybridized carbons (Fsp3) is 0.409. The molecule has 0 radical (unpaired) electrons. The molecule has 0 N–H and O–H groups in total. The van der Waals surface area contributed by atoms with Gasteiger partial charge in [-0.3, -0.25) is 9.36 Å². The lowest BCUT2D eigenvalue weighted by Crippen LogP contribution is -2.27. The smallest absolute Gasteiger partial charge is 0.409 e. The molecule has 3 aromatic rings. The number of carbonyl (C=O) groups excluding carboxylic acids is 1. The number of carbonyl (C=O) groups is 1. The molecule has 0 bridgehead atoms. The number of cyclic esters (lactones) is 1. The van der Waals surface area contributed by atoms with Crippen molar-refractivity contribution in [3.8, 4) is 5.69 Å². The number of ether oxygens (including phenoxy) is 1. The molecule has 1 unspecified atom stereocenters. The van der Waals surface area contributed by atoms with E-state index in [0.29, 0.717) is 41.9 Å². The number of amides is 1. The van der Waals surface area contributed by atoms with Crippen molar-refractivity contribution in [2.75, 3.05) is 25.4 Å². The van der Waals surface area contributed by atoms with Crippen LogP contribution in [0.25, 0.3) is 15.9 Å². The summed E-state index contributed by atoms with van der Waals surface area (Å²) in [5.74, 6) is 0.653. The zero-order chi connectivity index (χ0) is 21.5. The second kappa shape index (κ2) is 8.27. The third kappa shape index (κ3) is 3.74. The number of nitrogens with zero attached hydrogens (tertiary/aromatic N) is 3. The summed E-state index contributed by atoms with van der Waals surface area (Å²) < 4.78 is 21.1. The molecule has 0 saturated carbocycles.